The summed E-state index contributed by atoms with van der Waals surface area (Å²) in [5.41, 5.74) is 0.506. The number of methoxy groups -OCH3 is 1. The topological polar surface area (TPSA) is 66.9 Å². The van der Waals surface area contributed by atoms with Gasteiger partial charge in [-0.25, -0.2) is 8.42 Å². The number of rotatable bonds is 6. The minimum Gasteiger partial charge on any atom is -0.496 e. The molecule has 0 unspecified atom stereocenters. The average molecular weight is 456 g/mol. The summed E-state index contributed by atoms with van der Waals surface area (Å²) < 4.78 is 70.4. The van der Waals surface area contributed by atoms with Crippen molar-refractivity contribution < 1.29 is 31.1 Å². The first-order valence-electron chi connectivity index (χ1n) is 9.60. The van der Waals surface area contributed by atoms with Gasteiger partial charge in [0.2, 0.25) is 10.0 Å². The van der Waals surface area contributed by atoms with Crippen molar-refractivity contribution in [1.82, 2.24) is 9.21 Å². The highest BCUT2D eigenvalue weighted by atomic mass is 32.2. The molecule has 0 aromatic heterocycles. The molecule has 1 saturated heterocycles. The first kappa shape index (κ1) is 23.2. The van der Waals surface area contributed by atoms with Crippen LogP contribution in [0.5, 0.6) is 5.75 Å². The third kappa shape index (κ3) is 5.25. The molecular formula is C21H23F3N2O4S. The molecule has 3 rings (SSSR count). The van der Waals surface area contributed by atoms with Crippen LogP contribution < -0.4 is 4.74 Å². The number of ketones is 1. The number of sulfonamides is 1. The predicted molar refractivity (Wildman–Crippen MR) is 108 cm³/mol. The van der Waals surface area contributed by atoms with E-state index in [1.54, 1.807) is 25.3 Å². The van der Waals surface area contributed by atoms with Gasteiger partial charge in [0.05, 0.1) is 17.6 Å². The van der Waals surface area contributed by atoms with Crippen LogP contribution in [0.1, 0.15) is 28.4 Å². The molecule has 1 fully saturated rings. The second-order valence-corrected chi connectivity index (χ2v) is 9.22. The van der Waals surface area contributed by atoms with E-state index in [1.165, 1.54) is 11.2 Å². The van der Waals surface area contributed by atoms with E-state index in [-0.39, 0.29) is 23.8 Å². The number of nitrogens with zero attached hydrogens (tertiary/aromatic N) is 2. The Balaban J connectivity index is 1.68. The number of Topliss-reactive ketones (excluding diaryl/α,β-unsaturated/α-hetero) is 1. The van der Waals surface area contributed by atoms with Crippen LogP contribution >= 0.6 is 0 Å². The lowest BCUT2D eigenvalue weighted by molar-refractivity contribution is -0.137. The fourth-order valence-electron chi connectivity index (χ4n) is 3.45. The standard InChI is InChI=1S/C21H23F3N2O4S/c1-15(27)16-3-8-20(30-2)17(13-16)14-25-9-11-26(12-10-25)31(28,29)19-6-4-18(5-7-19)21(22,23)24/h3-8,13H,9-12,14H2,1-2H3. The van der Waals surface area contributed by atoms with Crippen molar-refractivity contribution in [1.29, 1.82) is 0 Å². The number of carbonyl (C=O) groups excluding carboxylic acids is 1. The summed E-state index contributed by atoms with van der Waals surface area (Å²) in [5.74, 6) is 0.584. The molecule has 0 saturated carbocycles. The first-order chi connectivity index (χ1) is 14.5. The van der Waals surface area contributed by atoms with Gasteiger partial charge >= 0.3 is 6.18 Å². The van der Waals surface area contributed by atoms with Gasteiger partial charge in [0.25, 0.3) is 0 Å². The summed E-state index contributed by atoms with van der Waals surface area (Å²) in [6, 6.07) is 8.73. The van der Waals surface area contributed by atoms with Crippen molar-refractivity contribution in [2.45, 2.75) is 24.5 Å². The zero-order chi connectivity index (χ0) is 22.8. The molecule has 0 radical (unpaired) electrons. The summed E-state index contributed by atoms with van der Waals surface area (Å²) in [6.45, 7) is 3.26. The number of ether oxygens (including phenoxy) is 1. The molecule has 2 aromatic carbocycles. The van der Waals surface area contributed by atoms with Crippen LogP contribution in [0.3, 0.4) is 0 Å². The summed E-state index contributed by atoms with van der Waals surface area (Å²) >= 11 is 0. The predicted octanol–water partition coefficient (Wildman–Crippen LogP) is 3.42. The molecule has 0 amide bonds. The number of carbonyl (C=O) groups is 1. The summed E-state index contributed by atoms with van der Waals surface area (Å²) in [5, 5.41) is 0. The van der Waals surface area contributed by atoms with Crippen molar-refractivity contribution in [3.63, 3.8) is 0 Å². The van der Waals surface area contributed by atoms with Gasteiger partial charge in [0, 0.05) is 43.9 Å². The Labute approximate surface area is 179 Å². The molecule has 0 aliphatic carbocycles. The van der Waals surface area contributed by atoms with Crippen molar-refractivity contribution >= 4 is 15.8 Å². The fraction of sp³-hybridized carbons (Fsp3) is 0.381. The minimum absolute atomic E-state index is 0.0589. The molecule has 1 aliphatic heterocycles. The zero-order valence-corrected chi connectivity index (χ0v) is 18.0. The Morgan fingerprint density at radius 2 is 1.65 bits per heavy atom. The molecule has 1 aliphatic rings. The average Bonchev–Trinajstić information content (AvgIpc) is 2.73. The van der Waals surface area contributed by atoms with E-state index in [0.29, 0.717) is 30.9 Å². The molecule has 0 spiro atoms. The van der Waals surface area contributed by atoms with Gasteiger partial charge in [-0.3, -0.25) is 9.69 Å². The van der Waals surface area contributed by atoms with Gasteiger partial charge < -0.3 is 4.74 Å². The van der Waals surface area contributed by atoms with Crippen LogP contribution in [0.2, 0.25) is 0 Å². The van der Waals surface area contributed by atoms with Crippen LogP contribution in [0, 0.1) is 0 Å². The van der Waals surface area contributed by atoms with E-state index in [0.717, 1.165) is 29.8 Å². The Bertz CT molecular complexity index is 1050. The number of benzene rings is 2. The number of halogens is 3. The van der Waals surface area contributed by atoms with Gasteiger partial charge in [-0.1, -0.05) is 0 Å². The zero-order valence-electron chi connectivity index (χ0n) is 17.1. The van der Waals surface area contributed by atoms with Crippen LogP contribution in [0.25, 0.3) is 0 Å². The highest BCUT2D eigenvalue weighted by molar-refractivity contribution is 7.89. The Morgan fingerprint density at radius 3 is 2.16 bits per heavy atom. The molecule has 0 N–H and O–H groups in total. The maximum atomic E-state index is 12.8. The second kappa shape index (κ2) is 8.97. The maximum absolute atomic E-state index is 12.8. The molecule has 10 heteroatoms. The lowest BCUT2D eigenvalue weighted by Gasteiger charge is -2.34. The maximum Gasteiger partial charge on any atom is 0.416 e. The largest absolute Gasteiger partial charge is 0.496 e. The molecule has 0 bridgehead atoms. The van der Waals surface area contributed by atoms with Crippen molar-refractivity contribution in [3.05, 3.63) is 59.2 Å². The smallest absolute Gasteiger partial charge is 0.416 e. The third-order valence-electron chi connectivity index (χ3n) is 5.23. The molecule has 168 valence electrons. The van der Waals surface area contributed by atoms with Crippen LogP contribution in [0.4, 0.5) is 13.2 Å². The van der Waals surface area contributed by atoms with Crippen molar-refractivity contribution in [3.8, 4) is 5.75 Å². The number of alkyl halides is 3. The van der Waals surface area contributed by atoms with E-state index < -0.39 is 21.8 Å². The quantitative estimate of drug-likeness (QED) is 0.624. The van der Waals surface area contributed by atoms with Crippen molar-refractivity contribution in [2.75, 3.05) is 33.3 Å². The third-order valence-corrected chi connectivity index (χ3v) is 7.14. The molecule has 31 heavy (non-hydrogen) atoms. The highest BCUT2D eigenvalue weighted by Crippen LogP contribution is 2.30. The molecule has 1 heterocycles. The first-order valence-corrected chi connectivity index (χ1v) is 11.0. The van der Waals surface area contributed by atoms with E-state index in [2.05, 4.69) is 0 Å². The lowest BCUT2D eigenvalue weighted by atomic mass is 10.1. The van der Waals surface area contributed by atoms with Crippen LogP contribution in [-0.2, 0) is 22.7 Å². The van der Waals surface area contributed by atoms with Gasteiger partial charge in [0.15, 0.2) is 5.78 Å². The Morgan fingerprint density at radius 1 is 1.03 bits per heavy atom. The van der Waals surface area contributed by atoms with E-state index in [4.69, 9.17) is 4.74 Å². The Kier molecular flexibility index (Phi) is 6.73. The van der Waals surface area contributed by atoms with Gasteiger partial charge in [0.1, 0.15) is 5.75 Å². The van der Waals surface area contributed by atoms with Gasteiger partial charge in [-0.2, -0.15) is 17.5 Å². The van der Waals surface area contributed by atoms with Crippen molar-refractivity contribution in [2.24, 2.45) is 0 Å². The minimum atomic E-state index is -4.52. The normalized spacial score (nSPS) is 16.3. The highest BCUT2D eigenvalue weighted by Gasteiger charge is 2.32. The van der Waals surface area contributed by atoms with Crippen LogP contribution in [0.15, 0.2) is 47.4 Å². The van der Waals surface area contributed by atoms with E-state index in [9.17, 15) is 26.4 Å². The van der Waals surface area contributed by atoms with E-state index >= 15 is 0 Å². The van der Waals surface area contributed by atoms with E-state index in [1.807, 2.05) is 4.90 Å². The van der Waals surface area contributed by atoms with Crippen LogP contribution in [-0.4, -0.2) is 56.7 Å². The molecular weight excluding hydrogens is 433 g/mol. The van der Waals surface area contributed by atoms with Gasteiger partial charge in [-0.15, -0.1) is 0 Å². The van der Waals surface area contributed by atoms with Gasteiger partial charge in [-0.05, 0) is 49.4 Å². The molecule has 0 atom stereocenters. The monoisotopic (exact) mass is 456 g/mol. The number of hydrogen-bond acceptors (Lipinski definition) is 5. The Hall–Kier alpha value is -2.43. The lowest BCUT2D eigenvalue weighted by Crippen LogP contribution is -2.48. The fourth-order valence-corrected chi connectivity index (χ4v) is 4.88. The molecule has 2 aromatic rings. The summed E-state index contributed by atoms with van der Waals surface area (Å²) in [4.78, 5) is 13.5. The SMILES string of the molecule is COc1ccc(C(C)=O)cc1CN1CCN(S(=O)(=O)c2ccc(C(F)(F)F)cc2)CC1. The number of piperazine rings is 1. The summed E-state index contributed by atoms with van der Waals surface area (Å²) in [7, 11) is -2.34. The summed E-state index contributed by atoms with van der Waals surface area (Å²) in [6.07, 6.45) is -4.52. The molecule has 6 nitrogen and oxygen atoms in total. The number of hydrogen-bond donors (Lipinski definition) is 0. The second-order valence-electron chi connectivity index (χ2n) is 7.29.